The summed E-state index contributed by atoms with van der Waals surface area (Å²) in [6.07, 6.45) is 0.771. The third-order valence-electron chi connectivity index (χ3n) is 7.16. The van der Waals surface area contributed by atoms with E-state index in [4.69, 9.17) is 36.7 Å². The van der Waals surface area contributed by atoms with Crippen molar-refractivity contribution < 1.29 is 32.9 Å². The Morgan fingerprint density at radius 3 is 2.63 bits per heavy atom. The predicted molar refractivity (Wildman–Crippen MR) is 137 cm³/mol. The number of benzene rings is 3. The van der Waals surface area contributed by atoms with E-state index in [0.717, 1.165) is 31.0 Å². The smallest absolute Gasteiger partial charge is 0.249 e. The molecule has 4 N–H and O–H groups in total. The van der Waals surface area contributed by atoms with Crippen LogP contribution in [0, 0.1) is 11.6 Å². The number of carbonyl (C=O) groups is 1. The number of aliphatic hydroxyl groups is 1. The molecule has 0 saturated carbocycles. The fourth-order valence-electron chi connectivity index (χ4n) is 5.64. The minimum Gasteiger partial charge on any atom is -0.488 e. The summed E-state index contributed by atoms with van der Waals surface area (Å²) in [5.74, 6) is -2.93. The van der Waals surface area contributed by atoms with E-state index in [1.165, 1.54) is 19.2 Å². The lowest BCUT2D eigenvalue weighted by Crippen LogP contribution is -2.51. The van der Waals surface area contributed by atoms with Gasteiger partial charge in [-0.25, -0.2) is 8.78 Å². The number of amides is 1. The van der Waals surface area contributed by atoms with Crippen molar-refractivity contribution in [3.63, 3.8) is 0 Å². The minimum absolute atomic E-state index is 0.106. The van der Waals surface area contributed by atoms with Gasteiger partial charge in [-0.05, 0) is 37.1 Å². The average Bonchev–Trinajstić information content (AvgIpc) is 3.56. The average molecular weight is 545 g/mol. The highest BCUT2D eigenvalue weighted by molar-refractivity contribution is 6.34. The molecule has 3 atom stereocenters. The van der Waals surface area contributed by atoms with Crippen LogP contribution in [0.15, 0.2) is 48.5 Å². The molecule has 0 bridgehead atoms. The van der Waals surface area contributed by atoms with Gasteiger partial charge in [0.1, 0.15) is 24.3 Å². The quantitative estimate of drug-likeness (QED) is 0.386. The number of aliphatic hydroxyl groups excluding tert-OH is 1. The van der Waals surface area contributed by atoms with Crippen molar-refractivity contribution in [2.24, 2.45) is 5.73 Å². The Bertz CT molecular complexity index is 1370. The monoisotopic (exact) mass is 544 g/mol. The van der Waals surface area contributed by atoms with Crippen molar-refractivity contribution in [3.05, 3.63) is 81.9 Å². The van der Waals surface area contributed by atoms with Crippen LogP contribution >= 0.6 is 11.6 Å². The summed E-state index contributed by atoms with van der Waals surface area (Å²) in [5.41, 5.74) is 4.88. The molecule has 200 valence electrons. The van der Waals surface area contributed by atoms with Gasteiger partial charge in [-0.3, -0.25) is 4.79 Å². The molecule has 3 aromatic carbocycles. The lowest BCUT2D eigenvalue weighted by atomic mass is 9.77. The van der Waals surface area contributed by atoms with Crippen LogP contribution in [0.4, 0.5) is 8.78 Å². The van der Waals surface area contributed by atoms with Crippen molar-refractivity contribution >= 4 is 17.5 Å². The summed E-state index contributed by atoms with van der Waals surface area (Å²) in [6.45, 7) is 0.188. The fourth-order valence-corrected chi connectivity index (χ4v) is 5.89. The first-order valence-electron chi connectivity index (χ1n) is 12.2. The van der Waals surface area contributed by atoms with Crippen molar-refractivity contribution in [2.75, 3.05) is 26.9 Å². The molecular formula is C28H27ClF2N2O5. The molecule has 0 spiro atoms. The van der Waals surface area contributed by atoms with Crippen molar-refractivity contribution in [1.29, 1.82) is 0 Å². The number of nitrogens with one attached hydrogen (secondary N) is 1. The van der Waals surface area contributed by atoms with Gasteiger partial charge in [0.2, 0.25) is 5.91 Å². The molecule has 0 aliphatic carbocycles. The zero-order valence-corrected chi connectivity index (χ0v) is 21.4. The maximum Gasteiger partial charge on any atom is 0.249 e. The maximum absolute atomic E-state index is 16.0. The summed E-state index contributed by atoms with van der Waals surface area (Å²) in [5, 5.41) is 12.2. The van der Waals surface area contributed by atoms with Crippen LogP contribution in [0.5, 0.6) is 11.5 Å². The van der Waals surface area contributed by atoms with Gasteiger partial charge in [0.25, 0.3) is 0 Å². The van der Waals surface area contributed by atoms with Crippen molar-refractivity contribution in [3.8, 4) is 22.6 Å². The fraction of sp³-hybridized carbons (Fsp3) is 0.321. The molecule has 3 aromatic rings. The molecule has 7 nitrogen and oxygen atoms in total. The van der Waals surface area contributed by atoms with Crippen molar-refractivity contribution in [1.82, 2.24) is 5.32 Å². The number of rotatable bonds is 8. The first kappa shape index (κ1) is 26.4. The lowest BCUT2D eigenvalue weighted by molar-refractivity contribution is -0.0768. The van der Waals surface area contributed by atoms with Crippen LogP contribution in [-0.2, 0) is 10.3 Å². The number of carbonyl (C=O) groups excluding carboxylic acids is 1. The van der Waals surface area contributed by atoms with E-state index in [1.54, 1.807) is 0 Å². The number of hydrogen-bond acceptors (Lipinski definition) is 6. The van der Waals surface area contributed by atoms with Gasteiger partial charge >= 0.3 is 0 Å². The molecule has 38 heavy (non-hydrogen) atoms. The van der Waals surface area contributed by atoms with E-state index in [-0.39, 0.29) is 53.0 Å². The zero-order chi connectivity index (χ0) is 27.0. The van der Waals surface area contributed by atoms with Gasteiger partial charge in [0, 0.05) is 29.9 Å². The molecule has 1 fully saturated rings. The van der Waals surface area contributed by atoms with Crippen LogP contribution in [0.25, 0.3) is 11.1 Å². The zero-order valence-electron chi connectivity index (χ0n) is 20.6. The summed E-state index contributed by atoms with van der Waals surface area (Å²) < 4.78 is 49.4. The Morgan fingerprint density at radius 1 is 1.24 bits per heavy atom. The topological polar surface area (TPSA) is 103 Å². The molecule has 0 aromatic heterocycles. The van der Waals surface area contributed by atoms with Crippen LogP contribution in [-0.4, -0.2) is 43.9 Å². The van der Waals surface area contributed by atoms with Gasteiger partial charge in [0.15, 0.2) is 17.2 Å². The second-order valence-electron chi connectivity index (χ2n) is 9.22. The highest BCUT2D eigenvalue weighted by Crippen LogP contribution is 2.58. The third-order valence-corrected chi connectivity index (χ3v) is 7.53. The van der Waals surface area contributed by atoms with Gasteiger partial charge in [0.05, 0.1) is 23.2 Å². The molecule has 1 saturated heterocycles. The highest BCUT2D eigenvalue weighted by atomic mass is 35.5. The lowest BCUT2D eigenvalue weighted by Gasteiger charge is -2.39. The van der Waals surface area contributed by atoms with E-state index in [1.807, 2.05) is 30.3 Å². The molecular weight excluding hydrogens is 518 g/mol. The number of fused-ring (bicyclic) bond motifs is 1. The second-order valence-corrected chi connectivity index (χ2v) is 9.60. The van der Waals surface area contributed by atoms with E-state index in [2.05, 4.69) is 5.32 Å². The number of methoxy groups -OCH3 is 1. The summed E-state index contributed by atoms with van der Waals surface area (Å²) in [7, 11) is 1.49. The summed E-state index contributed by atoms with van der Waals surface area (Å²) in [4.78, 5) is 12.4. The number of primary amides is 1. The molecule has 1 amide bonds. The summed E-state index contributed by atoms with van der Waals surface area (Å²) >= 11 is 6.54. The van der Waals surface area contributed by atoms with Crippen LogP contribution in [0.2, 0.25) is 5.02 Å². The van der Waals surface area contributed by atoms with E-state index in [0.29, 0.717) is 0 Å². The largest absolute Gasteiger partial charge is 0.488 e. The van der Waals surface area contributed by atoms with E-state index < -0.39 is 34.3 Å². The first-order chi connectivity index (χ1) is 18.3. The molecule has 10 heteroatoms. The Morgan fingerprint density at radius 2 is 2.00 bits per heavy atom. The number of hydrogen-bond donors (Lipinski definition) is 3. The van der Waals surface area contributed by atoms with Crippen LogP contribution < -0.4 is 20.5 Å². The Hall–Kier alpha value is -3.24. The van der Waals surface area contributed by atoms with Gasteiger partial charge < -0.3 is 30.4 Å². The Labute approximate surface area is 223 Å². The first-order valence-corrected chi connectivity index (χ1v) is 12.6. The van der Waals surface area contributed by atoms with Crippen LogP contribution in [0.3, 0.4) is 0 Å². The SMILES string of the molecule is CO[C@H]1c2c(cc(F)c(Cl)c2-c2c(C(N)=O)ccc(OCCO)c2F)O[C@@]1(c1ccccc1)C1CCCN1. The molecule has 5 rings (SSSR count). The number of ether oxygens (including phenoxy) is 3. The van der Waals surface area contributed by atoms with E-state index >= 15 is 8.78 Å². The highest BCUT2D eigenvalue weighted by Gasteiger charge is 2.57. The Kier molecular flexibility index (Phi) is 7.28. The minimum atomic E-state index is -1.14. The van der Waals surface area contributed by atoms with Gasteiger partial charge in [-0.2, -0.15) is 0 Å². The maximum atomic E-state index is 16.0. The molecule has 2 aliphatic heterocycles. The normalized spacial score (nSPS) is 22.2. The van der Waals surface area contributed by atoms with Crippen LogP contribution in [0.1, 0.15) is 40.4 Å². The molecule has 1 unspecified atom stereocenters. The number of halogens is 3. The van der Waals surface area contributed by atoms with E-state index in [9.17, 15) is 4.79 Å². The molecule has 2 heterocycles. The van der Waals surface area contributed by atoms with Crippen molar-refractivity contribution in [2.45, 2.75) is 30.6 Å². The molecule has 2 aliphatic rings. The van der Waals surface area contributed by atoms with Gasteiger partial charge in [-0.1, -0.05) is 41.9 Å². The Balaban J connectivity index is 1.82. The number of nitrogens with two attached hydrogens (primary N) is 1. The predicted octanol–water partition coefficient (Wildman–Crippen LogP) is 4.48. The second kappa shape index (κ2) is 10.5. The third kappa shape index (κ3) is 4.10. The summed E-state index contributed by atoms with van der Waals surface area (Å²) in [6, 6.07) is 12.8. The van der Waals surface area contributed by atoms with Gasteiger partial charge in [-0.15, -0.1) is 0 Å². The standard InChI is InChI=1S/C28H27ClF2N2O5/c1-36-26-22-19(38-28(26,20-8-5-11-33-20)15-6-3-2-4-7-15)14-17(30)24(29)23(22)21-16(27(32)35)9-10-18(25(21)31)37-13-12-34/h2-4,6-7,9-10,14,20,26,33-34H,5,8,11-13H2,1H3,(H2,32,35)/t20?,26-,28-/m0/s1. The molecule has 0 radical (unpaired) electrons.